The van der Waals surface area contributed by atoms with Crippen LogP contribution in [-0.4, -0.2) is 36.9 Å². The minimum absolute atomic E-state index is 0.499. The third-order valence-electron chi connectivity index (χ3n) is 1.98. The van der Waals surface area contributed by atoms with Gasteiger partial charge in [-0.05, 0) is 10.4 Å². The molecule has 0 aromatic carbocycles. The number of hydrogen-bond acceptors (Lipinski definition) is 8. The first-order valence-corrected chi connectivity index (χ1v) is 6.22. The molecule has 0 aliphatic carbocycles. The molecular formula is C8H13N7OS. The maximum absolute atomic E-state index is 5.45. The van der Waals surface area contributed by atoms with Gasteiger partial charge in [0.2, 0.25) is 16.9 Å². The van der Waals surface area contributed by atoms with Gasteiger partial charge in [0.25, 0.3) is 0 Å². The van der Waals surface area contributed by atoms with Crippen molar-refractivity contribution in [3.8, 4) is 0 Å². The lowest BCUT2D eigenvalue weighted by atomic mass is 10.5. The lowest BCUT2D eigenvalue weighted by molar-refractivity contribution is 0.469. The van der Waals surface area contributed by atoms with Gasteiger partial charge in [-0.1, -0.05) is 18.7 Å². The van der Waals surface area contributed by atoms with Gasteiger partial charge in [0.1, 0.15) is 0 Å². The number of nitrogens with zero attached hydrogens (tertiary/aromatic N) is 6. The van der Waals surface area contributed by atoms with E-state index in [1.165, 1.54) is 11.8 Å². The molecule has 0 amide bonds. The topological polar surface area (TPSA) is 109 Å². The van der Waals surface area contributed by atoms with Crippen molar-refractivity contribution in [2.24, 2.45) is 5.73 Å². The number of thioether (sulfide) groups is 1. The number of nitrogens with two attached hydrogens (primary N) is 1. The van der Waals surface area contributed by atoms with E-state index in [1.807, 2.05) is 6.92 Å². The smallest absolute Gasteiger partial charge is 0.226 e. The van der Waals surface area contributed by atoms with Crippen LogP contribution >= 0.6 is 11.8 Å². The molecule has 0 saturated carbocycles. The molecule has 2 aromatic rings. The normalized spacial score (nSPS) is 10.9. The van der Waals surface area contributed by atoms with Crippen molar-refractivity contribution in [3.63, 3.8) is 0 Å². The first-order valence-electron chi connectivity index (χ1n) is 5.23. The van der Waals surface area contributed by atoms with Crippen LogP contribution in [0, 0.1) is 0 Å². The van der Waals surface area contributed by atoms with E-state index in [-0.39, 0.29) is 0 Å². The summed E-state index contributed by atoms with van der Waals surface area (Å²) in [7, 11) is 0. The van der Waals surface area contributed by atoms with Crippen LogP contribution < -0.4 is 5.73 Å². The molecule has 0 spiro atoms. The van der Waals surface area contributed by atoms with Crippen molar-refractivity contribution in [3.05, 3.63) is 11.8 Å². The zero-order valence-electron chi connectivity index (χ0n) is 9.41. The van der Waals surface area contributed by atoms with Crippen LogP contribution in [0.3, 0.4) is 0 Å². The Hall–Kier alpha value is -1.48. The Morgan fingerprint density at radius 2 is 2.12 bits per heavy atom. The highest BCUT2D eigenvalue weighted by Gasteiger charge is 2.09. The lowest BCUT2D eigenvalue weighted by Crippen LogP contribution is -2.12. The van der Waals surface area contributed by atoms with E-state index in [1.54, 1.807) is 4.68 Å². The summed E-state index contributed by atoms with van der Waals surface area (Å²) in [6.45, 7) is 3.06. The molecule has 2 aromatic heterocycles. The molecule has 0 aliphatic rings. The third kappa shape index (κ3) is 3.01. The molecule has 0 fully saturated rings. The highest BCUT2D eigenvalue weighted by molar-refractivity contribution is 7.98. The third-order valence-corrected chi connectivity index (χ3v) is 2.92. The molecule has 0 saturated heterocycles. The predicted molar refractivity (Wildman–Crippen MR) is 60.1 cm³/mol. The van der Waals surface area contributed by atoms with Gasteiger partial charge >= 0.3 is 0 Å². The van der Waals surface area contributed by atoms with E-state index in [0.717, 1.165) is 6.42 Å². The Kier molecular flexibility index (Phi) is 4.04. The Balaban J connectivity index is 1.94. The van der Waals surface area contributed by atoms with E-state index in [4.69, 9.17) is 10.2 Å². The van der Waals surface area contributed by atoms with E-state index >= 15 is 0 Å². The Labute approximate surface area is 102 Å². The maximum Gasteiger partial charge on any atom is 0.226 e. The molecule has 0 aliphatic heterocycles. The van der Waals surface area contributed by atoms with Gasteiger partial charge in [-0.2, -0.15) is 0 Å². The summed E-state index contributed by atoms with van der Waals surface area (Å²) in [4.78, 5) is 0. The SMILES string of the molecule is CCc1nnc(CSc2nnnn2CCN)o1. The van der Waals surface area contributed by atoms with Crippen molar-refractivity contribution >= 4 is 11.8 Å². The van der Waals surface area contributed by atoms with Crippen LogP contribution in [0.4, 0.5) is 0 Å². The van der Waals surface area contributed by atoms with Crippen molar-refractivity contribution in [2.75, 3.05) is 6.54 Å². The quantitative estimate of drug-likeness (QED) is 0.711. The predicted octanol–water partition coefficient (Wildman–Crippen LogP) is -0.130. The van der Waals surface area contributed by atoms with Crippen LogP contribution in [-0.2, 0) is 18.7 Å². The fourth-order valence-corrected chi connectivity index (χ4v) is 1.92. The highest BCUT2D eigenvalue weighted by Crippen LogP contribution is 2.18. The van der Waals surface area contributed by atoms with E-state index < -0.39 is 0 Å². The van der Waals surface area contributed by atoms with Crippen LogP contribution in [0.15, 0.2) is 9.57 Å². The average Bonchev–Trinajstić information content (AvgIpc) is 2.95. The number of hydrogen-bond donors (Lipinski definition) is 1. The van der Waals surface area contributed by atoms with Gasteiger partial charge in [0.05, 0.1) is 12.3 Å². The largest absolute Gasteiger partial charge is 0.424 e. The molecule has 0 unspecified atom stereocenters. The van der Waals surface area contributed by atoms with E-state index in [2.05, 4.69) is 25.7 Å². The van der Waals surface area contributed by atoms with Crippen LogP contribution in [0.5, 0.6) is 0 Å². The monoisotopic (exact) mass is 255 g/mol. The maximum atomic E-state index is 5.45. The van der Waals surface area contributed by atoms with Crippen LogP contribution in [0.1, 0.15) is 18.7 Å². The molecule has 2 N–H and O–H groups in total. The first-order chi connectivity index (χ1) is 8.33. The molecular weight excluding hydrogens is 242 g/mol. The molecule has 8 nitrogen and oxygen atoms in total. The highest BCUT2D eigenvalue weighted by atomic mass is 32.2. The second kappa shape index (κ2) is 5.73. The molecule has 0 bridgehead atoms. The first kappa shape index (κ1) is 12.0. The molecule has 0 radical (unpaired) electrons. The molecule has 17 heavy (non-hydrogen) atoms. The van der Waals surface area contributed by atoms with Crippen molar-refractivity contribution in [1.29, 1.82) is 0 Å². The number of aryl methyl sites for hydroxylation is 1. The summed E-state index contributed by atoms with van der Waals surface area (Å²) in [5, 5.41) is 19.8. The average molecular weight is 255 g/mol. The second-order valence-electron chi connectivity index (χ2n) is 3.21. The zero-order chi connectivity index (χ0) is 12.1. The van der Waals surface area contributed by atoms with Crippen molar-refractivity contribution in [1.82, 2.24) is 30.4 Å². The zero-order valence-corrected chi connectivity index (χ0v) is 10.2. The van der Waals surface area contributed by atoms with Gasteiger partial charge in [-0.3, -0.25) is 0 Å². The van der Waals surface area contributed by atoms with Gasteiger partial charge in [0.15, 0.2) is 0 Å². The fraction of sp³-hybridized carbons (Fsp3) is 0.625. The lowest BCUT2D eigenvalue weighted by Gasteiger charge is -1.99. The summed E-state index contributed by atoms with van der Waals surface area (Å²) in [5.41, 5.74) is 5.45. The number of tetrazole rings is 1. The standard InChI is InChI=1S/C8H13N7OS/c1-2-6-10-11-7(16-6)5-17-8-12-13-14-15(8)4-3-9/h2-5,9H2,1H3. The van der Waals surface area contributed by atoms with Gasteiger partial charge in [-0.25, -0.2) is 4.68 Å². The Morgan fingerprint density at radius 1 is 1.29 bits per heavy atom. The fourth-order valence-electron chi connectivity index (χ4n) is 1.18. The number of rotatable bonds is 6. The minimum Gasteiger partial charge on any atom is -0.424 e. The van der Waals surface area contributed by atoms with Crippen molar-refractivity contribution in [2.45, 2.75) is 30.8 Å². The molecule has 92 valence electrons. The molecule has 0 atom stereocenters. The molecule has 9 heteroatoms. The summed E-state index contributed by atoms with van der Waals surface area (Å²) < 4.78 is 7.04. The van der Waals surface area contributed by atoms with E-state index in [9.17, 15) is 0 Å². The van der Waals surface area contributed by atoms with Gasteiger partial charge in [0, 0.05) is 13.0 Å². The van der Waals surface area contributed by atoms with Crippen molar-refractivity contribution < 1.29 is 4.42 Å². The minimum atomic E-state index is 0.499. The van der Waals surface area contributed by atoms with Crippen LogP contribution in [0.2, 0.25) is 0 Å². The molecule has 2 heterocycles. The van der Waals surface area contributed by atoms with E-state index in [0.29, 0.717) is 35.8 Å². The summed E-state index contributed by atoms with van der Waals surface area (Å²) in [5.74, 6) is 1.77. The van der Waals surface area contributed by atoms with Crippen LogP contribution in [0.25, 0.3) is 0 Å². The van der Waals surface area contributed by atoms with Gasteiger partial charge < -0.3 is 10.2 Å². The summed E-state index contributed by atoms with van der Waals surface area (Å²) in [6.07, 6.45) is 0.739. The summed E-state index contributed by atoms with van der Waals surface area (Å²) in [6, 6.07) is 0. The second-order valence-corrected chi connectivity index (χ2v) is 4.15. The Morgan fingerprint density at radius 3 is 2.82 bits per heavy atom. The number of aromatic nitrogens is 6. The molecule has 2 rings (SSSR count). The van der Waals surface area contributed by atoms with Gasteiger partial charge in [-0.15, -0.1) is 15.3 Å². The summed E-state index contributed by atoms with van der Waals surface area (Å²) >= 11 is 1.45. The Bertz CT molecular complexity index is 468.